The number of fused-ring (bicyclic) bond motifs is 1. The molecular weight excluding hydrogens is 260 g/mol. The molecule has 0 radical (unpaired) electrons. The number of anilines is 1. The lowest BCUT2D eigenvalue weighted by molar-refractivity contribution is -0.145. The van der Waals surface area contributed by atoms with Gasteiger partial charge in [0.25, 0.3) is 0 Å². The molecule has 1 aromatic rings. The molecule has 1 aliphatic heterocycles. The summed E-state index contributed by atoms with van der Waals surface area (Å²) in [7, 11) is 0. The van der Waals surface area contributed by atoms with Crippen molar-refractivity contribution in [3.05, 3.63) is 29.8 Å². The molecule has 1 amide bonds. The van der Waals surface area contributed by atoms with Crippen LogP contribution in [0.5, 0.6) is 0 Å². The van der Waals surface area contributed by atoms with Crippen molar-refractivity contribution < 1.29 is 19.8 Å². The van der Waals surface area contributed by atoms with Gasteiger partial charge in [-0.25, -0.2) is 4.79 Å². The highest BCUT2D eigenvalue weighted by Gasteiger charge is 2.30. The number of rotatable bonds is 4. The van der Waals surface area contributed by atoms with E-state index in [2.05, 4.69) is 10.6 Å². The second-order valence-electron chi connectivity index (χ2n) is 5.00. The van der Waals surface area contributed by atoms with Gasteiger partial charge in [0.05, 0.1) is 12.0 Å². The maximum atomic E-state index is 12.1. The third-order valence-electron chi connectivity index (χ3n) is 3.44. The Bertz CT molecular complexity index is 516. The number of aliphatic carboxylic acids is 1. The topological polar surface area (TPSA) is 98.7 Å². The quantitative estimate of drug-likeness (QED) is 0.631. The number of carbonyl (C=O) groups is 2. The van der Waals surface area contributed by atoms with E-state index < -0.39 is 18.1 Å². The Morgan fingerprint density at radius 3 is 2.75 bits per heavy atom. The molecule has 0 bridgehead atoms. The molecule has 0 aliphatic carbocycles. The average molecular weight is 278 g/mol. The molecule has 108 valence electrons. The normalized spacial score (nSPS) is 20.2. The van der Waals surface area contributed by atoms with E-state index in [0.717, 1.165) is 11.3 Å². The highest BCUT2D eigenvalue weighted by atomic mass is 16.4. The van der Waals surface area contributed by atoms with E-state index in [1.54, 1.807) is 0 Å². The first-order valence-electron chi connectivity index (χ1n) is 6.52. The van der Waals surface area contributed by atoms with Crippen LogP contribution in [-0.4, -0.2) is 40.8 Å². The van der Waals surface area contributed by atoms with Crippen molar-refractivity contribution in [3.63, 3.8) is 0 Å². The van der Waals surface area contributed by atoms with Gasteiger partial charge in [-0.15, -0.1) is 0 Å². The van der Waals surface area contributed by atoms with E-state index in [0.29, 0.717) is 13.0 Å². The summed E-state index contributed by atoms with van der Waals surface area (Å²) in [6.07, 6.45) is -0.582. The van der Waals surface area contributed by atoms with Crippen LogP contribution in [0.2, 0.25) is 0 Å². The third kappa shape index (κ3) is 3.08. The fourth-order valence-electron chi connectivity index (χ4n) is 2.29. The van der Waals surface area contributed by atoms with Gasteiger partial charge in [0.1, 0.15) is 0 Å². The fraction of sp³-hybridized carbons (Fsp3) is 0.429. The van der Waals surface area contributed by atoms with Gasteiger partial charge in [0.15, 0.2) is 6.04 Å². The number of benzene rings is 1. The molecule has 2 rings (SSSR count). The summed E-state index contributed by atoms with van der Waals surface area (Å²) in [6, 6.07) is 6.42. The van der Waals surface area contributed by atoms with Crippen molar-refractivity contribution in [1.82, 2.24) is 5.32 Å². The first kappa shape index (κ1) is 14.3. The number of para-hydroxylation sites is 1. The van der Waals surface area contributed by atoms with Crippen LogP contribution in [0.1, 0.15) is 12.5 Å². The van der Waals surface area contributed by atoms with E-state index in [1.807, 2.05) is 24.3 Å². The standard InChI is InChI=1S/C14H18N2O4/c1-8(17)12(14(19)20)16-13(18)10-6-9-4-2-3-5-11(9)15-7-10/h2-5,8,10,12,15,17H,6-7H2,1H3,(H,16,18)(H,19,20). The zero-order valence-corrected chi connectivity index (χ0v) is 11.2. The minimum absolute atomic E-state index is 0.342. The molecule has 6 nitrogen and oxygen atoms in total. The molecule has 0 saturated carbocycles. The van der Waals surface area contributed by atoms with Crippen molar-refractivity contribution in [2.75, 3.05) is 11.9 Å². The maximum absolute atomic E-state index is 12.1. The monoisotopic (exact) mass is 278 g/mol. The van der Waals surface area contributed by atoms with Gasteiger partial charge in [-0.2, -0.15) is 0 Å². The van der Waals surface area contributed by atoms with Gasteiger partial charge in [0, 0.05) is 12.2 Å². The Hall–Kier alpha value is -2.08. The molecule has 1 aromatic carbocycles. The summed E-state index contributed by atoms with van der Waals surface area (Å²) >= 11 is 0. The van der Waals surface area contributed by atoms with Crippen LogP contribution in [0.4, 0.5) is 5.69 Å². The number of aliphatic hydroxyl groups excluding tert-OH is 1. The summed E-state index contributed by atoms with van der Waals surface area (Å²) in [6.45, 7) is 1.79. The Kier molecular flexibility index (Phi) is 4.24. The molecule has 3 atom stereocenters. The van der Waals surface area contributed by atoms with Crippen LogP contribution in [0.25, 0.3) is 0 Å². The Balaban J connectivity index is 2.03. The van der Waals surface area contributed by atoms with Gasteiger partial charge in [0.2, 0.25) is 5.91 Å². The average Bonchev–Trinajstić information content (AvgIpc) is 2.43. The number of amides is 1. The van der Waals surface area contributed by atoms with Crippen LogP contribution < -0.4 is 10.6 Å². The van der Waals surface area contributed by atoms with Gasteiger partial charge >= 0.3 is 5.97 Å². The number of carboxylic acid groups (broad SMARTS) is 1. The molecule has 4 N–H and O–H groups in total. The van der Waals surface area contributed by atoms with E-state index >= 15 is 0 Å². The molecule has 1 aliphatic rings. The predicted octanol–water partition coefficient (Wildman–Crippen LogP) is 0.221. The maximum Gasteiger partial charge on any atom is 0.328 e. The molecular formula is C14H18N2O4. The van der Waals surface area contributed by atoms with E-state index in [1.165, 1.54) is 6.92 Å². The van der Waals surface area contributed by atoms with Crippen molar-refractivity contribution in [3.8, 4) is 0 Å². The lowest BCUT2D eigenvalue weighted by atomic mass is 9.93. The number of carbonyl (C=O) groups excluding carboxylic acids is 1. The van der Waals surface area contributed by atoms with Gasteiger partial charge in [-0.1, -0.05) is 18.2 Å². The van der Waals surface area contributed by atoms with Crippen LogP contribution >= 0.6 is 0 Å². The van der Waals surface area contributed by atoms with Gasteiger partial charge in [-0.3, -0.25) is 4.79 Å². The van der Waals surface area contributed by atoms with Gasteiger partial charge in [-0.05, 0) is 25.0 Å². The highest BCUT2D eigenvalue weighted by molar-refractivity contribution is 5.86. The molecule has 0 saturated heterocycles. The van der Waals surface area contributed by atoms with Crippen molar-refractivity contribution >= 4 is 17.6 Å². The van der Waals surface area contributed by atoms with Crippen molar-refractivity contribution in [2.45, 2.75) is 25.5 Å². The number of nitrogens with one attached hydrogen (secondary N) is 2. The largest absolute Gasteiger partial charge is 0.480 e. The van der Waals surface area contributed by atoms with E-state index in [-0.39, 0.29) is 11.8 Å². The molecule has 6 heteroatoms. The van der Waals surface area contributed by atoms with Crippen molar-refractivity contribution in [1.29, 1.82) is 0 Å². The first-order chi connectivity index (χ1) is 9.49. The van der Waals surface area contributed by atoms with Crippen LogP contribution in [0, 0.1) is 5.92 Å². The summed E-state index contributed by atoms with van der Waals surface area (Å²) in [5, 5.41) is 23.9. The van der Waals surface area contributed by atoms with Crippen LogP contribution in [0.15, 0.2) is 24.3 Å². The number of aliphatic hydroxyl groups is 1. The molecule has 20 heavy (non-hydrogen) atoms. The second kappa shape index (κ2) is 5.92. The lowest BCUT2D eigenvalue weighted by Crippen LogP contribution is -2.51. The molecule has 0 aromatic heterocycles. The minimum Gasteiger partial charge on any atom is -0.480 e. The fourth-order valence-corrected chi connectivity index (χ4v) is 2.29. The zero-order chi connectivity index (χ0) is 14.7. The third-order valence-corrected chi connectivity index (χ3v) is 3.44. The smallest absolute Gasteiger partial charge is 0.328 e. The molecule has 0 spiro atoms. The summed E-state index contributed by atoms with van der Waals surface area (Å²) in [5.41, 5.74) is 2.03. The van der Waals surface area contributed by atoms with Crippen LogP contribution in [0.3, 0.4) is 0 Å². The SMILES string of the molecule is CC(O)C(NC(=O)C1CNc2ccccc2C1)C(=O)O. The molecule has 1 heterocycles. The zero-order valence-electron chi connectivity index (χ0n) is 11.2. The predicted molar refractivity (Wildman–Crippen MR) is 73.4 cm³/mol. The summed E-state index contributed by atoms with van der Waals surface area (Å²) in [4.78, 5) is 23.1. The molecule has 0 fully saturated rings. The van der Waals surface area contributed by atoms with E-state index in [9.17, 15) is 14.7 Å². The second-order valence-corrected chi connectivity index (χ2v) is 5.00. The van der Waals surface area contributed by atoms with Crippen LogP contribution in [-0.2, 0) is 16.0 Å². The lowest BCUT2D eigenvalue weighted by Gasteiger charge is -2.27. The molecule has 3 unspecified atom stereocenters. The Labute approximate surface area is 116 Å². The minimum atomic E-state index is -1.28. The number of carboxylic acids is 1. The highest BCUT2D eigenvalue weighted by Crippen LogP contribution is 2.24. The summed E-state index contributed by atoms with van der Waals surface area (Å²) in [5.74, 6) is -1.94. The number of hydrogen-bond acceptors (Lipinski definition) is 4. The first-order valence-corrected chi connectivity index (χ1v) is 6.52. The Morgan fingerprint density at radius 1 is 1.40 bits per heavy atom. The Morgan fingerprint density at radius 2 is 2.10 bits per heavy atom. The van der Waals surface area contributed by atoms with Gasteiger partial charge < -0.3 is 20.8 Å². The number of hydrogen-bond donors (Lipinski definition) is 4. The van der Waals surface area contributed by atoms with Crippen molar-refractivity contribution in [2.24, 2.45) is 5.92 Å². The summed E-state index contributed by atoms with van der Waals surface area (Å²) < 4.78 is 0. The van der Waals surface area contributed by atoms with E-state index in [4.69, 9.17) is 5.11 Å².